The Morgan fingerprint density at radius 2 is 1.73 bits per heavy atom. The minimum absolute atomic E-state index is 0.0335. The molecule has 138 valence electrons. The summed E-state index contributed by atoms with van der Waals surface area (Å²) in [4.78, 5) is 16.0. The van der Waals surface area contributed by atoms with Gasteiger partial charge in [0, 0.05) is 30.2 Å². The van der Waals surface area contributed by atoms with Crippen molar-refractivity contribution in [1.82, 2.24) is 10.2 Å². The number of carbonyl (C=O) groups is 1. The average Bonchev–Trinajstić information content (AvgIpc) is 3.01. The molecule has 3 rings (SSSR count). The lowest BCUT2D eigenvalue weighted by molar-refractivity contribution is 0.0513. The Balaban J connectivity index is 1.66. The third kappa shape index (κ3) is 4.47. The lowest BCUT2D eigenvalue weighted by Gasteiger charge is -2.19. The van der Waals surface area contributed by atoms with E-state index in [1.54, 1.807) is 11.8 Å². The van der Waals surface area contributed by atoms with E-state index in [0.717, 1.165) is 24.2 Å². The number of hydrogen-bond acceptors (Lipinski definition) is 4. The van der Waals surface area contributed by atoms with Gasteiger partial charge in [-0.2, -0.15) is 0 Å². The summed E-state index contributed by atoms with van der Waals surface area (Å²) in [5.74, 6) is -0.0423. The second-order valence-corrected chi connectivity index (χ2v) is 7.48. The standard InChI is InChI=1S/C21H26N2O2S/c1-4-25-20-14-23(2)13-19(20)22-21(24)17-7-5-15(6-8-17)16-9-11-18(26-3)12-10-16/h5-12,19-20H,4,13-14H2,1-3H3,(H,22,24)/t19-,20-/m0/s1. The van der Waals surface area contributed by atoms with E-state index in [-0.39, 0.29) is 18.1 Å². The van der Waals surface area contributed by atoms with Gasteiger partial charge in [0.1, 0.15) is 0 Å². The number of hydrogen-bond donors (Lipinski definition) is 1. The molecular weight excluding hydrogens is 344 g/mol. The molecule has 0 bridgehead atoms. The van der Waals surface area contributed by atoms with Crippen LogP contribution < -0.4 is 5.32 Å². The fourth-order valence-electron chi connectivity index (χ4n) is 3.33. The average molecular weight is 371 g/mol. The van der Waals surface area contributed by atoms with Crippen LogP contribution in [0, 0.1) is 0 Å². The largest absolute Gasteiger partial charge is 0.375 e. The van der Waals surface area contributed by atoms with Crippen LogP contribution in [-0.4, -0.2) is 56.0 Å². The predicted molar refractivity (Wildman–Crippen MR) is 108 cm³/mol. The van der Waals surface area contributed by atoms with E-state index in [0.29, 0.717) is 12.2 Å². The lowest BCUT2D eigenvalue weighted by Crippen LogP contribution is -2.43. The molecule has 1 amide bonds. The molecule has 0 radical (unpaired) electrons. The first-order valence-electron chi connectivity index (χ1n) is 8.96. The summed E-state index contributed by atoms with van der Waals surface area (Å²) in [7, 11) is 2.05. The first-order chi connectivity index (χ1) is 12.6. The van der Waals surface area contributed by atoms with Gasteiger partial charge in [-0.15, -0.1) is 11.8 Å². The first kappa shape index (κ1) is 19.0. The quantitative estimate of drug-likeness (QED) is 0.790. The van der Waals surface area contributed by atoms with Gasteiger partial charge in [-0.1, -0.05) is 24.3 Å². The lowest BCUT2D eigenvalue weighted by atomic mass is 10.0. The maximum absolute atomic E-state index is 12.6. The summed E-state index contributed by atoms with van der Waals surface area (Å²) in [5.41, 5.74) is 2.95. The van der Waals surface area contributed by atoms with Crippen molar-refractivity contribution in [2.24, 2.45) is 0 Å². The third-order valence-electron chi connectivity index (χ3n) is 4.72. The van der Waals surface area contributed by atoms with Crippen LogP contribution in [0.15, 0.2) is 53.4 Å². The molecule has 0 spiro atoms. The second-order valence-electron chi connectivity index (χ2n) is 6.60. The van der Waals surface area contributed by atoms with Crippen LogP contribution in [0.2, 0.25) is 0 Å². The number of likely N-dealkylation sites (tertiary alicyclic amines) is 1. The number of ether oxygens (including phenoxy) is 1. The van der Waals surface area contributed by atoms with Crippen LogP contribution >= 0.6 is 11.8 Å². The van der Waals surface area contributed by atoms with Crippen molar-refractivity contribution in [3.63, 3.8) is 0 Å². The molecule has 0 aliphatic carbocycles. The smallest absolute Gasteiger partial charge is 0.251 e. The monoisotopic (exact) mass is 370 g/mol. The van der Waals surface area contributed by atoms with E-state index in [1.807, 2.05) is 31.2 Å². The molecule has 2 atom stereocenters. The van der Waals surface area contributed by atoms with Gasteiger partial charge < -0.3 is 15.0 Å². The highest BCUT2D eigenvalue weighted by Gasteiger charge is 2.32. The molecule has 0 aromatic heterocycles. The van der Waals surface area contributed by atoms with Crippen LogP contribution in [0.3, 0.4) is 0 Å². The molecular formula is C21H26N2O2S. The molecule has 26 heavy (non-hydrogen) atoms. The molecule has 1 N–H and O–H groups in total. The van der Waals surface area contributed by atoms with Gasteiger partial charge >= 0.3 is 0 Å². The normalized spacial score (nSPS) is 20.3. The molecule has 1 heterocycles. The maximum Gasteiger partial charge on any atom is 0.251 e. The zero-order valence-electron chi connectivity index (χ0n) is 15.6. The number of likely N-dealkylation sites (N-methyl/N-ethyl adjacent to an activating group) is 1. The van der Waals surface area contributed by atoms with E-state index >= 15 is 0 Å². The number of thioether (sulfide) groups is 1. The highest BCUT2D eigenvalue weighted by molar-refractivity contribution is 7.98. The molecule has 2 aromatic carbocycles. The van der Waals surface area contributed by atoms with Crippen LogP contribution in [0.4, 0.5) is 0 Å². The SMILES string of the molecule is CCO[C@H]1CN(C)C[C@@H]1NC(=O)c1ccc(-c2ccc(SC)cc2)cc1. The Morgan fingerprint density at radius 3 is 2.31 bits per heavy atom. The van der Waals surface area contributed by atoms with Crippen LogP contribution in [0.25, 0.3) is 11.1 Å². The van der Waals surface area contributed by atoms with E-state index in [1.165, 1.54) is 4.90 Å². The van der Waals surface area contributed by atoms with Crippen molar-refractivity contribution in [2.45, 2.75) is 24.0 Å². The number of carbonyl (C=O) groups excluding carboxylic acids is 1. The number of nitrogens with one attached hydrogen (secondary N) is 1. The highest BCUT2D eigenvalue weighted by Crippen LogP contribution is 2.23. The molecule has 1 fully saturated rings. The third-order valence-corrected chi connectivity index (χ3v) is 5.46. The fraction of sp³-hybridized carbons (Fsp3) is 0.381. The van der Waals surface area contributed by atoms with E-state index < -0.39 is 0 Å². The summed E-state index contributed by atoms with van der Waals surface area (Å²) in [6.07, 6.45) is 2.13. The van der Waals surface area contributed by atoms with Gasteiger partial charge in [0.15, 0.2) is 0 Å². The highest BCUT2D eigenvalue weighted by atomic mass is 32.2. The Morgan fingerprint density at radius 1 is 1.12 bits per heavy atom. The minimum atomic E-state index is -0.0423. The van der Waals surface area contributed by atoms with Crippen LogP contribution in [0.1, 0.15) is 17.3 Å². The van der Waals surface area contributed by atoms with Crippen molar-refractivity contribution in [3.8, 4) is 11.1 Å². The summed E-state index contributed by atoms with van der Waals surface area (Å²) >= 11 is 1.73. The van der Waals surface area contributed by atoms with Crippen molar-refractivity contribution >= 4 is 17.7 Å². The van der Waals surface area contributed by atoms with E-state index in [4.69, 9.17) is 4.74 Å². The second kappa shape index (κ2) is 8.71. The number of benzene rings is 2. The fourth-order valence-corrected chi connectivity index (χ4v) is 3.74. The predicted octanol–water partition coefficient (Wildman–Crippen LogP) is 3.52. The molecule has 0 unspecified atom stereocenters. The maximum atomic E-state index is 12.6. The first-order valence-corrected chi connectivity index (χ1v) is 10.2. The molecule has 1 aliphatic heterocycles. The number of rotatable bonds is 6. The van der Waals surface area contributed by atoms with Crippen molar-refractivity contribution < 1.29 is 9.53 Å². The Hall–Kier alpha value is -1.82. The Labute approximate surface area is 159 Å². The van der Waals surface area contributed by atoms with Gasteiger partial charge in [0.2, 0.25) is 0 Å². The van der Waals surface area contributed by atoms with Crippen molar-refractivity contribution in [3.05, 3.63) is 54.1 Å². The molecule has 1 aliphatic rings. The zero-order chi connectivity index (χ0) is 18.5. The van der Waals surface area contributed by atoms with Crippen molar-refractivity contribution in [2.75, 3.05) is 33.0 Å². The van der Waals surface area contributed by atoms with Gasteiger partial charge in [-0.3, -0.25) is 4.79 Å². The minimum Gasteiger partial charge on any atom is -0.375 e. The van der Waals surface area contributed by atoms with Crippen molar-refractivity contribution in [1.29, 1.82) is 0 Å². The van der Waals surface area contributed by atoms with Crippen LogP contribution in [-0.2, 0) is 4.74 Å². The summed E-state index contributed by atoms with van der Waals surface area (Å²) < 4.78 is 5.76. The van der Waals surface area contributed by atoms with Crippen LogP contribution in [0.5, 0.6) is 0 Å². The summed E-state index contributed by atoms with van der Waals surface area (Å²) in [5, 5.41) is 3.13. The van der Waals surface area contributed by atoms with Gasteiger partial charge in [-0.05, 0) is 55.6 Å². The molecule has 4 nitrogen and oxygen atoms in total. The topological polar surface area (TPSA) is 41.6 Å². The summed E-state index contributed by atoms with van der Waals surface area (Å²) in [6, 6.07) is 16.3. The van der Waals surface area contributed by atoms with E-state index in [2.05, 4.69) is 47.8 Å². The zero-order valence-corrected chi connectivity index (χ0v) is 16.4. The van der Waals surface area contributed by atoms with Gasteiger partial charge in [0.25, 0.3) is 5.91 Å². The molecule has 5 heteroatoms. The Bertz CT molecular complexity index is 731. The molecule has 2 aromatic rings. The van der Waals surface area contributed by atoms with Gasteiger partial charge in [0.05, 0.1) is 12.1 Å². The Kier molecular flexibility index (Phi) is 6.35. The summed E-state index contributed by atoms with van der Waals surface area (Å²) in [6.45, 7) is 4.32. The van der Waals surface area contributed by atoms with E-state index in [9.17, 15) is 4.79 Å². The number of amides is 1. The van der Waals surface area contributed by atoms with Gasteiger partial charge in [-0.25, -0.2) is 0 Å². The molecule has 0 saturated carbocycles. The molecule has 1 saturated heterocycles. The number of nitrogens with zero attached hydrogens (tertiary/aromatic N) is 1.